The molecule has 1 fully saturated rings. The standard InChI is InChI=1S/C24H32N2O3/c1-18(26-15-19(2)29-20(3)16-26)14-25-23(27)17-28-24(21-10-6-4-7-11-21)22-12-8-5-9-13-22/h4-13,18-20,24H,14-17H2,1-3H3,(H,25,27)/t18-,19+,20+/m0/s1. The number of rotatable bonds is 8. The van der Waals surface area contributed by atoms with E-state index in [4.69, 9.17) is 9.47 Å². The maximum Gasteiger partial charge on any atom is 0.246 e. The molecule has 1 aliphatic heterocycles. The topological polar surface area (TPSA) is 50.8 Å². The van der Waals surface area contributed by atoms with E-state index >= 15 is 0 Å². The molecule has 1 saturated heterocycles. The summed E-state index contributed by atoms with van der Waals surface area (Å²) < 4.78 is 11.8. The van der Waals surface area contributed by atoms with Gasteiger partial charge in [0.1, 0.15) is 12.7 Å². The van der Waals surface area contributed by atoms with Crippen LogP contribution in [0.5, 0.6) is 0 Å². The molecule has 5 nitrogen and oxygen atoms in total. The van der Waals surface area contributed by atoms with Crippen molar-refractivity contribution in [3.8, 4) is 0 Å². The van der Waals surface area contributed by atoms with Gasteiger partial charge in [-0.1, -0.05) is 60.7 Å². The first-order valence-corrected chi connectivity index (χ1v) is 10.4. The van der Waals surface area contributed by atoms with Gasteiger partial charge in [-0.25, -0.2) is 0 Å². The number of morpholine rings is 1. The molecule has 29 heavy (non-hydrogen) atoms. The fraction of sp³-hybridized carbons (Fsp3) is 0.458. The van der Waals surface area contributed by atoms with Gasteiger partial charge in [-0.05, 0) is 31.9 Å². The molecular formula is C24H32N2O3. The van der Waals surface area contributed by atoms with Gasteiger partial charge in [0, 0.05) is 25.7 Å². The van der Waals surface area contributed by atoms with Crippen LogP contribution >= 0.6 is 0 Å². The van der Waals surface area contributed by atoms with Crippen molar-refractivity contribution in [3.63, 3.8) is 0 Å². The van der Waals surface area contributed by atoms with Crippen LogP contribution in [0.25, 0.3) is 0 Å². The van der Waals surface area contributed by atoms with Crippen LogP contribution < -0.4 is 5.32 Å². The summed E-state index contributed by atoms with van der Waals surface area (Å²) in [6.45, 7) is 8.73. The van der Waals surface area contributed by atoms with Crippen molar-refractivity contribution >= 4 is 5.91 Å². The maximum absolute atomic E-state index is 12.4. The number of carbonyl (C=O) groups excluding carboxylic acids is 1. The molecule has 5 heteroatoms. The van der Waals surface area contributed by atoms with Crippen molar-refractivity contribution < 1.29 is 14.3 Å². The van der Waals surface area contributed by atoms with Crippen LogP contribution in [0, 0.1) is 0 Å². The second-order valence-electron chi connectivity index (χ2n) is 7.88. The lowest BCUT2D eigenvalue weighted by Crippen LogP contribution is -2.52. The summed E-state index contributed by atoms with van der Waals surface area (Å²) in [6.07, 6.45) is 0.178. The van der Waals surface area contributed by atoms with Gasteiger partial charge in [0.05, 0.1) is 12.2 Å². The number of hydrogen-bond donors (Lipinski definition) is 1. The molecule has 1 heterocycles. The van der Waals surface area contributed by atoms with Gasteiger partial charge in [-0.2, -0.15) is 0 Å². The molecule has 1 amide bonds. The summed E-state index contributed by atoms with van der Waals surface area (Å²) in [4.78, 5) is 14.8. The lowest BCUT2D eigenvalue weighted by molar-refractivity contribution is -0.127. The van der Waals surface area contributed by atoms with E-state index in [0.29, 0.717) is 6.54 Å². The number of nitrogens with one attached hydrogen (secondary N) is 1. The zero-order valence-electron chi connectivity index (χ0n) is 17.6. The molecule has 0 unspecified atom stereocenters. The predicted octanol–water partition coefficient (Wildman–Crippen LogP) is 3.41. The Morgan fingerprint density at radius 1 is 1.03 bits per heavy atom. The summed E-state index contributed by atoms with van der Waals surface area (Å²) in [5.41, 5.74) is 2.08. The molecule has 0 bridgehead atoms. The Balaban J connectivity index is 1.52. The highest BCUT2D eigenvalue weighted by Crippen LogP contribution is 2.25. The summed E-state index contributed by atoms with van der Waals surface area (Å²) in [6, 6.07) is 20.3. The van der Waals surface area contributed by atoms with Crippen LogP contribution in [0.15, 0.2) is 60.7 Å². The summed E-state index contributed by atoms with van der Waals surface area (Å²) in [7, 11) is 0. The number of benzene rings is 2. The Labute approximate surface area is 174 Å². The van der Waals surface area contributed by atoms with E-state index in [1.165, 1.54) is 0 Å². The first-order valence-electron chi connectivity index (χ1n) is 10.4. The average Bonchev–Trinajstić information content (AvgIpc) is 2.73. The van der Waals surface area contributed by atoms with Crippen LogP contribution in [0.4, 0.5) is 0 Å². The van der Waals surface area contributed by atoms with Crippen molar-refractivity contribution in [3.05, 3.63) is 71.8 Å². The highest BCUT2D eigenvalue weighted by molar-refractivity contribution is 5.77. The second kappa shape index (κ2) is 10.5. The molecule has 156 valence electrons. The van der Waals surface area contributed by atoms with E-state index in [1.807, 2.05) is 60.7 Å². The van der Waals surface area contributed by atoms with Crippen molar-refractivity contribution in [2.45, 2.75) is 45.1 Å². The highest BCUT2D eigenvalue weighted by atomic mass is 16.5. The smallest absolute Gasteiger partial charge is 0.246 e. The van der Waals surface area contributed by atoms with Crippen molar-refractivity contribution in [1.82, 2.24) is 10.2 Å². The molecule has 0 aromatic heterocycles. The van der Waals surface area contributed by atoms with Gasteiger partial charge >= 0.3 is 0 Å². The summed E-state index contributed by atoms with van der Waals surface area (Å²) in [5.74, 6) is -0.0944. The van der Waals surface area contributed by atoms with E-state index in [2.05, 4.69) is 31.0 Å². The van der Waals surface area contributed by atoms with Gasteiger partial charge in [0.2, 0.25) is 5.91 Å². The number of hydrogen-bond acceptors (Lipinski definition) is 4. The number of carbonyl (C=O) groups is 1. The van der Waals surface area contributed by atoms with Crippen molar-refractivity contribution in [1.29, 1.82) is 0 Å². The normalized spacial score (nSPS) is 21.1. The van der Waals surface area contributed by atoms with Gasteiger partial charge in [-0.3, -0.25) is 9.69 Å². The minimum absolute atomic E-state index is 0.0249. The molecule has 1 aliphatic rings. The molecule has 1 N–H and O–H groups in total. The van der Waals surface area contributed by atoms with Crippen LogP contribution in [0.2, 0.25) is 0 Å². The SMILES string of the molecule is C[C@@H]1CN([C@@H](C)CNC(=O)COC(c2ccccc2)c2ccccc2)C[C@@H](C)O1. The molecule has 3 rings (SSSR count). The van der Waals surface area contributed by atoms with Crippen molar-refractivity contribution in [2.24, 2.45) is 0 Å². The molecular weight excluding hydrogens is 364 g/mol. The van der Waals surface area contributed by atoms with E-state index in [9.17, 15) is 4.79 Å². The molecule has 0 radical (unpaired) electrons. The molecule has 3 atom stereocenters. The monoisotopic (exact) mass is 396 g/mol. The fourth-order valence-electron chi connectivity index (χ4n) is 3.82. The van der Waals surface area contributed by atoms with Gasteiger partial charge in [0.15, 0.2) is 0 Å². The molecule has 0 aliphatic carbocycles. The quantitative estimate of drug-likeness (QED) is 0.743. The van der Waals surface area contributed by atoms with Crippen LogP contribution in [-0.4, -0.2) is 55.3 Å². The van der Waals surface area contributed by atoms with Gasteiger partial charge < -0.3 is 14.8 Å². The lowest BCUT2D eigenvalue weighted by Gasteiger charge is -2.39. The minimum atomic E-state index is -0.262. The van der Waals surface area contributed by atoms with Gasteiger partial charge in [-0.15, -0.1) is 0 Å². The fourth-order valence-corrected chi connectivity index (χ4v) is 3.82. The van der Waals surface area contributed by atoms with Crippen LogP contribution in [0.3, 0.4) is 0 Å². The first-order chi connectivity index (χ1) is 14.0. The van der Waals surface area contributed by atoms with Crippen LogP contribution in [0.1, 0.15) is 38.0 Å². The Morgan fingerprint density at radius 3 is 2.07 bits per heavy atom. The third-order valence-electron chi connectivity index (χ3n) is 5.25. The summed E-state index contributed by atoms with van der Waals surface area (Å²) >= 11 is 0. The number of ether oxygens (including phenoxy) is 2. The third kappa shape index (κ3) is 6.39. The average molecular weight is 397 g/mol. The first kappa shape index (κ1) is 21.5. The van der Waals surface area contributed by atoms with E-state index in [0.717, 1.165) is 24.2 Å². The largest absolute Gasteiger partial charge is 0.373 e. The molecule has 0 saturated carbocycles. The Bertz CT molecular complexity index is 704. The van der Waals surface area contributed by atoms with Gasteiger partial charge in [0.25, 0.3) is 0 Å². The number of amides is 1. The third-order valence-corrected chi connectivity index (χ3v) is 5.25. The summed E-state index contributed by atoms with van der Waals surface area (Å²) in [5, 5.41) is 3.02. The predicted molar refractivity (Wildman–Crippen MR) is 115 cm³/mol. The van der Waals surface area contributed by atoms with Crippen molar-refractivity contribution in [2.75, 3.05) is 26.2 Å². The Morgan fingerprint density at radius 2 is 1.55 bits per heavy atom. The molecule has 2 aromatic rings. The van der Waals surface area contributed by atoms with E-state index < -0.39 is 0 Å². The number of nitrogens with zero attached hydrogens (tertiary/aromatic N) is 1. The molecule has 0 spiro atoms. The minimum Gasteiger partial charge on any atom is -0.373 e. The van der Waals surface area contributed by atoms with E-state index in [-0.39, 0.29) is 36.9 Å². The Hall–Kier alpha value is -2.21. The lowest BCUT2D eigenvalue weighted by atomic mass is 10.0. The van der Waals surface area contributed by atoms with E-state index in [1.54, 1.807) is 0 Å². The highest BCUT2D eigenvalue weighted by Gasteiger charge is 2.26. The zero-order valence-corrected chi connectivity index (χ0v) is 17.6. The maximum atomic E-state index is 12.4. The van der Waals surface area contributed by atoms with Crippen LogP contribution in [-0.2, 0) is 14.3 Å². The zero-order chi connectivity index (χ0) is 20.6. The Kier molecular flexibility index (Phi) is 7.81. The second-order valence-corrected chi connectivity index (χ2v) is 7.88. The molecule has 2 aromatic carbocycles.